The van der Waals surface area contributed by atoms with Crippen LogP contribution in [0.4, 0.5) is 10.2 Å². The summed E-state index contributed by atoms with van der Waals surface area (Å²) in [6, 6.07) is 6.40. The predicted octanol–water partition coefficient (Wildman–Crippen LogP) is 1.41. The minimum Gasteiger partial charge on any atom is -0.369 e. The van der Waals surface area contributed by atoms with Crippen LogP contribution in [-0.4, -0.2) is 16.3 Å². The molecule has 88 valence electrons. The summed E-state index contributed by atoms with van der Waals surface area (Å²) in [5.74, 6) is 0.390. The summed E-state index contributed by atoms with van der Waals surface area (Å²) >= 11 is 0. The number of hydrogen-bond donors (Lipinski definition) is 2. The predicted molar refractivity (Wildman–Crippen MR) is 62.8 cm³/mol. The van der Waals surface area contributed by atoms with Crippen molar-refractivity contribution in [2.75, 3.05) is 11.9 Å². The van der Waals surface area contributed by atoms with Crippen molar-refractivity contribution < 1.29 is 4.39 Å². The van der Waals surface area contributed by atoms with E-state index in [1.807, 2.05) is 6.07 Å². The lowest BCUT2D eigenvalue weighted by Gasteiger charge is -2.08. The van der Waals surface area contributed by atoms with Crippen LogP contribution in [0.2, 0.25) is 0 Å². The molecule has 0 unspecified atom stereocenters. The third-order valence-corrected chi connectivity index (χ3v) is 3.17. The van der Waals surface area contributed by atoms with Gasteiger partial charge in [-0.05, 0) is 17.7 Å². The monoisotopic (exact) mass is 233 g/mol. The number of hydrogen-bond acceptors (Lipinski definition) is 2. The molecule has 0 fully saturated rings. The van der Waals surface area contributed by atoms with Crippen LogP contribution in [0.15, 0.2) is 29.1 Å². The molecule has 0 amide bonds. The van der Waals surface area contributed by atoms with E-state index in [1.54, 1.807) is 13.1 Å². The molecule has 1 aromatic carbocycles. The van der Waals surface area contributed by atoms with Crippen LogP contribution in [0.5, 0.6) is 0 Å². The van der Waals surface area contributed by atoms with E-state index in [0.29, 0.717) is 12.1 Å². The maximum atomic E-state index is 13.2. The van der Waals surface area contributed by atoms with Crippen molar-refractivity contribution in [1.29, 1.82) is 0 Å². The number of halogens is 1. The Morgan fingerprint density at radius 1 is 1.47 bits per heavy atom. The molecule has 1 atom stereocenters. The molecule has 0 aliphatic carbocycles. The molecule has 1 aromatic heterocycles. The van der Waals surface area contributed by atoms with Gasteiger partial charge in [0.15, 0.2) is 0 Å². The molecular formula is C12H12FN3O. The number of aryl methyl sites for hydroxylation is 1. The fraction of sp³-hybridized carbons (Fsp3) is 0.250. The lowest BCUT2D eigenvalue weighted by molar-refractivity contribution is 0.624. The number of anilines is 1. The van der Waals surface area contributed by atoms with Gasteiger partial charge in [-0.1, -0.05) is 12.1 Å². The fourth-order valence-corrected chi connectivity index (χ4v) is 2.34. The first-order valence-electron chi connectivity index (χ1n) is 5.45. The van der Waals surface area contributed by atoms with E-state index in [4.69, 9.17) is 0 Å². The molecule has 2 N–H and O–H groups in total. The second-order valence-corrected chi connectivity index (χ2v) is 4.25. The number of nitrogens with one attached hydrogen (secondary N) is 2. The molecule has 0 saturated carbocycles. The summed E-state index contributed by atoms with van der Waals surface area (Å²) < 4.78 is 14.6. The molecule has 0 spiro atoms. The lowest BCUT2D eigenvalue weighted by Crippen LogP contribution is -2.19. The van der Waals surface area contributed by atoms with Gasteiger partial charge in [-0.2, -0.15) is 0 Å². The van der Waals surface area contributed by atoms with Crippen LogP contribution in [0, 0.1) is 5.82 Å². The topological polar surface area (TPSA) is 49.8 Å². The maximum Gasteiger partial charge on any atom is 0.272 e. The molecule has 0 bridgehead atoms. The average molecular weight is 233 g/mol. The number of aromatic amines is 1. The number of rotatable bonds is 1. The number of nitrogens with zero attached hydrogens (tertiary/aromatic N) is 1. The largest absolute Gasteiger partial charge is 0.369 e. The minimum absolute atomic E-state index is 0.0562. The van der Waals surface area contributed by atoms with Crippen molar-refractivity contribution >= 4 is 5.82 Å². The van der Waals surface area contributed by atoms with Gasteiger partial charge in [-0.3, -0.25) is 14.6 Å². The van der Waals surface area contributed by atoms with Crippen LogP contribution in [-0.2, 0) is 7.05 Å². The Balaban J connectivity index is 2.12. The summed E-state index contributed by atoms with van der Waals surface area (Å²) in [5, 5.41) is 6.07. The SMILES string of the molecule is Cn1[nH]c2c(c1=O)[C@@H](c1cccc(F)c1)CN2. The zero-order valence-corrected chi connectivity index (χ0v) is 9.33. The third-order valence-electron chi connectivity index (χ3n) is 3.17. The van der Waals surface area contributed by atoms with Crippen LogP contribution < -0.4 is 10.9 Å². The van der Waals surface area contributed by atoms with Crippen LogP contribution in [0.3, 0.4) is 0 Å². The number of fused-ring (bicyclic) bond motifs is 1. The van der Waals surface area contributed by atoms with Gasteiger partial charge in [0.2, 0.25) is 0 Å². The zero-order valence-electron chi connectivity index (χ0n) is 9.33. The minimum atomic E-state index is -0.275. The Hall–Kier alpha value is -2.04. The van der Waals surface area contributed by atoms with Crippen molar-refractivity contribution in [3.05, 3.63) is 51.6 Å². The Labute approximate surface area is 97.1 Å². The molecule has 5 heteroatoms. The van der Waals surface area contributed by atoms with E-state index in [2.05, 4.69) is 10.4 Å². The number of H-pyrrole nitrogens is 1. The molecular weight excluding hydrogens is 221 g/mol. The molecule has 3 rings (SSSR count). The van der Waals surface area contributed by atoms with Gasteiger partial charge in [-0.15, -0.1) is 0 Å². The molecule has 17 heavy (non-hydrogen) atoms. The summed E-state index contributed by atoms with van der Waals surface area (Å²) in [7, 11) is 1.67. The molecule has 0 radical (unpaired) electrons. The first kappa shape index (κ1) is 10.1. The smallest absolute Gasteiger partial charge is 0.272 e. The standard InChI is InChI=1S/C12H12FN3O/c1-16-12(17)10-9(6-14-11(10)15-16)7-3-2-4-8(13)5-7/h2-5,9,14-15H,6H2,1H3/t9-/m1/s1. The van der Waals surface area contributed by atoms with E-state index < -0.39 is 0 Å². The first-order valence-corrected chi connectivity index (χ1v) is 5.45. The van der Waals surface area contributed by atoms with E-state index in [1.165, 1.54) is 16.8 Å². The number of benzene rings is 1. The molecule has 1 aliphatic heterocycles. The van der Waals surface area contributed by atoms with Gasteiger partial charge in [-0.25, -0.2) is 4.39 Å². The first-order chi connectivity index (χ1) is 8.16. The summed E-state index contributed by atoms with van der Waals surface area (Å²) in [6.45, 7) is 0.626. The van der Waals surface area contributed by atoms with Gasteiger partial charge in [0, 0.05) is 19.5 Å². The molecule has 0 saturated heterocycles. The Kier molecular flexibility index (Phi) is 2.07. The maximum absolute atomic E-state index is 13.2. The van der Waals surface area contributed by atoms with Crippen LogP contribution in [0.1, 0.15) is 17.0 Å². The Morgan fingerprint density at radius 3 is 3.06 bits per heavy atom. The van der Waals surface area contributed by atoms with Crippen molar-refractivity contribution in [3.63, 3.8) is 0 Å². The van der Waals surface area contributed by atoms with Crippen molar-refractivity contribution in [2.45, 2.75) is 5.92 Å². The summed E-state index contributed by atoms with van der Waals surface area (Å²) in [6.07, 6.45) is 0. The van der Waals surface area contributed by atoms with Crippen LogP contribution >= 0.6 is 0 Å². The lowest BCUT2D eigenvalue weighted by atomic mass is 9.95. The normalized spacial score (nSPS) is 17.9. The average Bonchev–Trinajstić information content (AvgIpc) is 2.81. The van der Waals surface area contributed by atoms with E-state index in [-0.39, 0.29) is 17.3 Å². The highest BCUT2D eigenvalue weighted by Gasteiger charge is 2.29. The highest BCUT2D eigenvalue weighted by molar-refractivity contribution is 5.55. The Morgan fingerprint density at radius 2 is 2.29 bits per heavy atom. The van der Waals surface area contributed by atoms with E-state index in [0.717, 1.165) is 11.4 Å². The third kappa shape index (κ3) is 1.46. The second kappa shape index (κ2) is 3.48. The van der Waals surface area contributed by atoms with Gasteiger partial charge < -0.3 is 5.32 Å². The van der Waals surface area contributed by atoms with Gasteiger partial charge in [0.1, 0.15) is 11.6 Å². The Bertz CT molecular complexity index is 629. The van der Waals surface area contributed by atoms with Crippen LogP contribution in [0.25, 0.3) is 0 Å². The second-order valence-electron chi connectivity index (χ2n) is 4.25. The van der Waals surface area contributed by atoms with Gasteiger partial charge in [0.05, 0.1) is 5.56 Å². The van der Waals surface area contributed by atoms with E-state index in [9.17, 15) is 9.18 Å². The summed E-state index contributed by atoms with van der Waals surface area (Å²) in [4.78, 5) is 11.9. The van der Waals surface area contributed by atoms with E-state index >= 15 is 0 Å². The van der Waals surface area contributed by atoms with Gasteiger partial charge >= 0.3 is 0 Å². The quantitative estimate of drug-likeness (QED) is 0.782. The molecule has 1 aliphatic rings. The molecule has 2 heterocycles. The fourth-order valence-electron chi connectivity index (χ4n) is 2.34. The molecule has 2 aromatic rings. The highest BCUT2D eigenvalue weighted by Crippen LogP contribution is 2.32. The van der Waals surface area contributed by atoms with Crippen molar-refractivity contribution in [2.24, 2.45) is 7.05 Å². The highest BCUT2D eigenvalue weighted by atomic mass is 19.1. The van der Waals surface area contributed by atoms with Gasteiger partial charge in [0.25, 0.3) is 5.56 Å². The number of aromatic nitrogens is 2. The summed E-state index contributed by atoms with van der Waals surface area (Å²) in [5.41, 5.74) is 1.46. The van der Waals surface area contributed by atoms with Crippen molar-refractivity contribution in [3.8, 4) is 0 Å². The zero-order chi connectivity index (χ0) is 12.0. The molecule has 4 nitrogen and oxygen atoms in total. The van der Waals surface area contributed by atoms with Crippen molar-refractivity contribution in [1.82, 2.24) is 9.78 Å².